The van der Waals surface area contributed by atoms with E-state index in [9.17, 15) is 9.59 Å². The summed E-state index contributed by atoms with van der Waals surface area (Å²) in [4.78, 5) is 26.4. The molecule has 2 rings (SSSR count). The van der Waals surface area contributed by atoms with Crippen LogP contribution in [-0.4, -0.2) is 22.0 Å². The minimum Gasteiger partial charge on any atom is -0.478 e. The normalized spacial score (nSPS) is 9.88. The van der Waals surface area contributed by atoms with Crippen molar-refractivity contribution in [3.05, 3.63) is 47.1 Å². The molecule has 2 aromatic rings. The number of hydrogen-bond donors (Lipinski definition) is 2. The molecule has 0 unspecified atom stereocenters. The first-order chi connectivity index (χ1) is 8.18. The van der Waals surface area contributed by atoms with Crippen LogP contribution in [0.1, 0.15) is 20.7 Å². The molecule has 0 radical (unpaired) electrons. The summed E-state index contributed by atoms with van der Waals surface area (Å²) in [6, 6.07) is 4.70. The summed E-state index contributed by atoms with van der Waals surface area (Å²) >= 11 is 1.17. The molecule has 0 aliphatic rings. The number of hydrogen-bond acceptors (Lipinski definition) is 4. The van der Waals surface area contributed by atoms with E-state index in [1.54, 1.807) is 23.7 Å². The van der Waals surface area contributed by atoms with E-state index in [2.05, 4.69) is 10.3 Å². The second-order valence-electron chi connectivity index (χ2n) is 3.16. The number of aromatic carboxylic acids is 1. The summed E-state index contributed by atoms with van der Waals surface area (Å²) < 4.78 is 0. The van der Waals surface area contributed by atoms with Gasteiger partial charge in [0.2, 0.25) is 0 Å². The molecule has 2 N–H and O–H groups in total. The van der Waals surface area contributed by atoms with Crippen molar-refractivity contribution in [3.8, 4) is 0 Å². The quantitative estimate of drug-likeness (QED) is 0.871. The second kappa shape index (κ2) is 4.75. The molecular weight excluding hydrogens is 240 g/mol. The number of amides is 1. The standard InChI is InChI=1S/C11H8N2O3S/c14-9(7-2-1-4-12-6-7)13-10-8(11(15)16)3-5-17-10/h1-6H,(H,13,14)(H,15,16). The van der Waals surface area contributed by atoms with Gasteiger partial charge in [-0.3, -0.25) is 9.78 Å². The van der Waals surface area contributed by atoms with Gasteiger partial charge in [-0.05, 0) is 23.6 Å². The van der Waals surface area contributed by atoms with Gasteiger partial charge >= 0.3 is 5.97 Å². The number of pyridine rings is 1. The molecule has 17 heavy (non-hydrogen) atoms. The average Bonchev–Trinajstić information content (AvgIpc) is 2.78. The zero-order valence-corrected chi connectivity index (χ0v) is 9.40. The Hall–Kier alpha value is -2.21. The molecule has 86 valence electrons. The molecule has 5 nitrogen and oxygen atoms in total. The number of carboxylic acid groups (broad SMARTS) is 1. The third kappa shape index (κ3) is 2.48. The minimum atomic E-state index is -1.06. The van der Waals surface area contributed by atoms with Crippen molar-refractivity contribution in [1.29, 1.82) is 0 Å². The lowest BCUT2D eigenvalue weighted by Crippen LogP contribution is -2.13. The molecule has 0 fully saturated rings. The Balaban J connectivity index is 2.19. The molecule has 0 atom stereocenters. The number of nitrogens with one attached hydrogen (secondary N) is 1. The Morgan fingerprint density at radius 1 is 1.35 bits per heavy atom. The third-order valence-corrected chi connectivity index (χ3v) is 2.88. The smallest absolute Gasteiger partial charge is 0.338 e. The van der Waals surface area contributed by atoms with Crippen LogP contribution in [0.2, 0.25) is 0 Å². The lowest BCUT2D eigenvalue weighted by atomic mass is 10.2. The molecule has 0 aromatic carbocycles. The van der Waals surface area contributed by atoms with Gasteiger partial charge in [-0.1, -0.05) is 0 Å². The minimum absolute atomic E-state index is 0.0900. The first kappa shape index (κ1) is 11.3. The van der Waals surface area contributed by atoms with Crippen LogP contribution in [0, 0.1) is 0 Å². The number of carbonyl (C=O) groups excluding carboxylic acids is 1. The maximum atomic E-state index is 11.7. The number of carbonyl (C=O) groups is 2. The molecule has 0 bridgehead atoms. The van der Waals surface area contributed by atoms with E-state index in [-0.39, 0.29) is 11.5 Å². The largest absolute Gasteiger partial charge is 0.478 e. The first-order valence-corrected chi connectivity index (χ1v) is 5.58. The molecule has 0 aliphatic carbocycles. The van der Waals surface area contributed by atoms with Gasteiger partial charge in [0.1, 0.15) is 5.00 Å². The molecule has 0 saturated heterocycles. The van der Waals surface area contributed by atoms with Crippen LogP contribution in [0.25, 0.3) is 0 Å². The Morgan fingerprint density at radius 3 is 2.82 bits per heavy atom. The lowest BCUT2D eigenvalue weighted by Gasteiger charge is -2.03. The molecule has 0 spiro atoms. The van der Waals surface area contributed by atoms with Gasteiger partial charge in [-0.2, -0.15) is 0 Å². The van der Waals surface area contributed by atoms with E-state index in [4.69, 9.17) is 5.11 Å². The fourth-order valence-corrected chi connectivity index (χ4v) is 2.02. The van der Waals surface area contributed by atoms with Crippen LogP contribution in [-0.2, 0) is 0 Å². The molecule has 0 saturated carbocycles. The van der Waals surface area contributed by atoms with Crippen LogP contribution in [0.4, 0.5) is 5.00 Å². The maximum Gasteiger partial charge on any atom is 0.338 e. The summed E-state index contributed by atoms with van der Waals surface area (Å²) in [5, 5.41) is 13.4. The highest BCUT2D eigenvalue weighted by molar-refractivity contribution is 7.14. The molecule has 2 heterocycles. The molecule has 2 aromatic heterocycles. The number of aromatic nitrogens is 1. The number of rotatable bonds is 3. The van der Waals surface area contributed by atoms with Gasteiger partial charge < -0.3 is 10.4 Å². The van der Waals surface area contributed by atoms with Gasteiger partial charge in [0, 0.05) is 12.4 Å². The molecule has 6 heteroatoms. The van der Waals surface area contributed by atoms with Crippen molar-refractivity contribution < 1.29 is 14.7 Å². The highest BCUT2D eigenvalue weighted by atomic mass is 32.1. The fraction of sp³-hybridized carbons (Fsp3) is 0. The third-order valence-electron chi connectivity index (χ3n) is 2.05. The fourth-order valence-electron chi connectivity index (χ4n) is 1.25. The van der Waals surface area contributed by atoms with Crippen molar-refractivity contribution in [2.45, 2.75) is 0 Å². The predicted octanol–water partition coefficient (Wildman–Crippen LogP) is 2.09. The molecule has 1 amide bonds. The van der Waals surface area contributed by atoms with Crippen molar-refractivity contribution in [2.24, 2.45) is 0 Å². The average molecular weight is 248 g/mol. The Labute approximate surface area is 101 Å². The number of thiophene rings is 1. The van der Waals surface area contributed by atoms with Gasteiger partial charge in [0.15, 0.2) is 0 Å². The Bertz CT molecular complexity index is 551. The maximum absolute atomic E-state index is 11.7. The van der Waals surface area contributed by atoms with Crippen molar-refractivity contribution in [2.75, 3.05) is 5.32 Å². The predicted molar refractivity (Wildman–Crippen MR) is 63.5 cm³/mol. The highest BCUT2D eigenvalue weighted by Crippen LogP contribution is 2.23. The number of nitrogens with zero attached hydrogens (tertiary/aromatic N) is 1. The van der Waals surface area contributed by atoms with Crippen LogP contribution in [0.3, 0.4) is 0 Å². The van der Waals surface area contributed by atoms with E-state index in [1.807, 2.05) is 0 Å². The van der Waals surface area contributed by atoms with Gasteiger partial charge in [0.25, 0.3) is 5.91 Å². The van der Waals surface area contributed by atoms with E-state index in [1.165, 1.54) is 23.6 Å². The summed E-state index contributed by atoms with van der Waals surface area (Å²) in [5.41, 5.74) is 0.476. The van der Waals surface area contributed by atoms with Crippen LogP contribution >= 0.6 is 11.3 Å². The topological polar surface area (TPSA) is 79.3 Å². The lowest BCUT2D eigenvalue weighted by molar-refractivity contribution is 0.0698. The van der Waals surface area contributed by atoms with Crippen LogP contribution < -0.4 is 5.32 Å². The van der Waals surface area contributed by atoms with Crippen LogP contribution in [0.5, 0.6) is 0 Å². The molecule has 0 aliphatic heterocycles. The van der Waals surface area contributed by atoms with Gasteiger partial charge in [0.05, 0.1) is 11.1 Å². The zero-order chi connectivity index (χ0) is 12.3. The summed E-state index contributed by atoms with van der Waals surface area (Å²) in [5.74, 6) is -1.43. The van der Waals surface area contributed by atoms with E-state index in [0.717, 1.165) is 0 Å². The van der Waals surface area contributed by atoms with Gasteiger partial charge in [-0.25, -0.2) is 4.79 Å². The Morgan fingerprint density at radius 2 is 2.18 bits per heavy atom. The summed E-state index contributed by atoms with van der Waals surface area (Å²) in [6.45, 7) is 0. The highest BCUT2D eigenvalue weighted by Gasteiger charge is 2.14. The SMILES string of the molecule is O=C(Nc1sccc1C(=O)O)c1cccnc1. The van der Waals surface area contributed by atoms with Crippen molar-refractivity contribution in [1.82, 2.24) is 4.98 Å². The van der Waals surface area contributed by atoms with Crippen LogP contribution in [0.15, 0.2) is 36.0 Å². The Kier molecular flexibility index (Phi) is 3.15. The number of carboxylic acids is 1. The first-order valence-electron chi connectivity index (χ1n) is 4.70. The van der Waals surface area contributed by atoms with Crippen molar-refractivity contribution >= 4 is 28.2 Å². The monoisotopic (exact) mass is 248 g/mol. The second-order valence-corrected chi connectivity index (χ2v) is 4.08. The summed E-state index contributed by atoms with van der Waals surface area (Å²) in [7, 11) is 0. The van der Waals surface area contributed by atoms with E-state index < -0.39 is 5.97 Å². The number of anilines is 1. The zero-order valence-electron chi connectivity index (χ0n) is 8.58. The summed E-state index contributed by atoms with van der Waals surface area (Å²) in [6.07, 6.45) is 2.98. The van der Waals surface area contributed by atoms with E-state index in [0.29, 0.717) is 10.6 Å². The van der Waals surface area contributed by atoms with Gasteiger partial charge in [-0.15, -0.1) is 11.3 Å². The van der Waals surface area contributed by atoms with Crippen molar-refractivity contribution in [3.63, 3.8) is 0 Å². The van der Waals surface area contributed by atoms with E-state index >= 15 is 0 Å². The molecular formula is C11H8N2O3S.